The van der Waals surface area contributed by atoms with E-state index in [0.717, 1.165) is 21.6 Å². The predicted molar refractivity (Wildman–Crippen MR) is 103 cm³/mol. The molecule has 0 aliphatic heterocycles. The zero-order valence-corrected chi connectivity index (χ0v) is 15.8. The van der Waals surface area contributed by atoms with Gasteiger partial charge in [0.05, 0.1) is 34.3 Å². The number of carbonyl (C=O) groups is 1. The molecule has 26 heavy (non-hydrogen) atoms. The lowest BCUT2D eigenvalue weighted by molar-refractivity contribution is 0.0950. The highest BCUT2D eigenvalue weighted by Crippen LogP contribution is 2.27. The maximum Gasteiger partial charge on any atom is 0.252 e. The minimum absolute atomic E-state index is 0.107. The van der Waals surface area contributed by atoms with Gasteiger partial charge in [-0.15, -0.1) is 11.3 Å². The summed E-state index contributed by atoms with van der Waals surface area (Å²) in [4.78, 5) is 20.5. The van der Waals surface area contributed by atoms with Crippen molar-refractivity contribution in [1.82, 2.24) is 25.0 Å². The van der Waals surface area contributed by atoms with E-state index >= 15 is 0 Å². The Balaban J connectivity index is 1.88. The van der Waals surface area contributed by atoms with Crippen LogP contribution in [0.5, 0.6) is 0 Å². The second-order valence-electron chi connectivity index (χ2n) is 6.01. The lowest BCUT2D eigenvalue weighted by atomic mass is 10.1. The average molecular weight is 373 g/mol. The Labute approximate surface area is 156 Å². The van der Waals surface area contributed by atoms with E-state index in [1.165, 1.54) is 0 Å². The van der Waals surface area contributed by atoms with Crippen molar-refractivity contribution in [2.24, 2.45) is 0 Å². The van der Waals surface area contributed by atoms with Crippen molar-refractivity contribution >= 4 is 28.3 Å². The number of rotatable bonds is 8. The fraction of sp³-hybridized carbons (Fsp3) is 0.389. The Bertz CT molecular complexity index is 875. The van der Waals surface area contributed by atoms with Gasteiger partial charge in [0.15, 0.2) is 5.65 Å². The molecule has 0 atom stereocenters. The van der Waals surface area contributed by atoms with Gasteiger partial charge in [0.1, 0.15) is 0 Å². The highest BCUT2D eigenvalue weighted by atomic mass is 32.1. The fourth-order valence-electron chi connectivity index (χ4n) is 2.76. The van der Waals surface area contributed by atoms with Crippen molar-refractivity contribution < 1.29 is 9.90 Å². The van der Waals surface area contributed by atoms with Gasteiger partial charge in [0.2, 0.25) is 0 Å². The third kappa shape index (κ3) is 3.92. The highest BCUT2D eigenvalue weighted by Gasteiger charge is 2.17. The number of hydrogen-bond acceptors (Lipinski definition) is 6. The number of aliphatic hydroxyl groups excluding tert-OH is 1. The number of nitrogens with one attached hydrogen (secondary N) is 1. The molecule has 3 heterocycles. The van der Waals surface area contributed by atoms with E-state index in [2.05, 4.69) is 10.4 Å². The van der Waals surface area contributed by atoms with Crippen molar-refractivity contribution in [3.05, 3.63) is 35.3 Å². The second-order valence-corrected chi connectivity index (χ2v) is 6.96. The molecular formula is C18H23N5O2S. The van der Waals surface area contributed by atoms with Crippen LogP contribution in [0, 0.1) is 0 Å². The molecule has 0 aliphatic carbocycles. The van der Waals surface area contributed by atoms with Crippen LogP contribution in [-0.4, -0.2) is 64.0 Å². The van der Waals surface area contributed by atoms with Crippen molar-refractivity contribution in [1.29, 1.82) is 0 Å². The minimum atomic E-state index is -0.136. The Morgan fingerprint density at radius 1 is 1.42 bits per heavy atom. The molecule has 3 aromatic rings. The molecule has 0 saturated carbocycles. The molecule has 0 aliphatic rings. The van der Waals surface area contributed by atoms with Gasteiger partial charge in [0, 0.05) is 26.2 Å². The lowest BCUT2D eigenvalue weighted by Crippen LogP contribution is -2.34. The zero-order chi connectivity index (χ0) is 18.5. The summed E-state index contributed by atoms with van der Waals surface area (Å²) in [6.07, 6.45) is 1.71. The maximum atomic E-state index is 12.8. The second kappa shape index (κ2) is 8.39. The smallest absolute Gasteiger partial charge is 0.252 e. The molecule has 0 unspecified atom stereocenters. The van der Waals surface area contributed by atoms with Crippen LogP contribution in [0.2, 0.25) is 0 Å². The first kappa shape index (κ1) is 18.5. The number of carbonyl (C=O) groups excluding carboxylic acids is 1. The number of fused-ring (bicyclic) bond motifs is 1. The van der Waals surface area contributed by atoms with Gasteiger partial charge in [0.25, 0.3) is 5.91 Å². The number of amides is 1. The van der Waals surface area contributed by atoms with Crippen molar-refractivity contribution in [2.45, 2.75) is 13.5 Å². The summed E-state index contributed by atoms with van der Waals surface area (Å²) in [5, 5.41) is 19.0. The van der Waals surface area contributed by atoms with Crippen LogP contribution in [0.4, 0.5) is 0 Å². The summed E-state index contributed by atoms with van der Waals surface area (Å²) in [6.45, 7) is 4.57. The summed E-state index contributed by atoms with van der Waals surface area (Å²) in [7, 11) is 1.91. The van der Waals surface area contributed by atoms with Crippen LogP contribution >= 0.6 is 11.3 Å². The Morgan fingerprint density at radius 3 is 2.96 bits per heavy atom. The van der Waals surface area contributed by atoms with Crippen molar-refractivity contribution in [2.75, 3.05) is 33.3 Å². The lowest BCUT2D eigenvalue weighted by Gasteiger charge is -2.15. The van der Waals surface area contributed by atoms with Gasteiger partial charge in [-0.3, -0.25) is 4.79 Å². The summed E-state index contributed by atoms with van der Waals surface area (Å²) in [6, 6.07) is 5.80. The van der Waals surface area contributed by atoms with E-state index in [-0.39, 0.29) is 12.5 Å². The molecule has 0 spiro atoms. The standard InChI is InChI=1S/C18H23N5O2S/c1-3-23-17-14(12-20-23)13(11-15(21-17)16-5-4-10-26-16)18(25)19-6-7-22(2)8-9-24/h4-5,10-12,24H,3,6-9H2,1-2H3,(H,19,25). The highest BCUT2D eigenvalue weighted by molar-refractivity contribution is 7.13. The molecule has 0 aromatic carbocycles. The minimum Gasteiger partial charge on any atom is -0.395 e. The summed E-state index contributed by atoms with van der Waals surface area (Å²) in [5.74, 6) is -0.136. The van der Waals surface area contributed by atoms with Crippen molar-refractivity contribution in [3.8, 4) is 10.6 Å². The van der Waals surface area contributed by atoms with Crippen LogP contribution in [0.25, 0.3) is 21.6 Å². The molecule has 0 radical (unpaired) electrons. The molecule has 1 amide bonds. The summed E-state index contributed by atoms with van der Waals surface area (Å²) >= 11 is 1.59. The number of hydrogen-bond donors (Lipinski definition) is 2. The number of aliphatic hydroxyl groups is 1. The van der Waals surface area contributed by atoms with Gasteiger partial charge in [-0.1, -0.05) is 6.07 Å². The van der Waals surface area contributed by atoms with Crippen LogP contribution in [0.3, 0.4) is 0 Å². The average Bonchev–Trinajstić information content (AvgIpc) is 3.30. The first-order chi connectivity index (χ1) is 12.6. The van der Waals surface area contributed by atoms with Crippen molar-refractivity contribution in [3.63, 3.8) is 0 Å². The molecule has 3 aromatic heterocycles. The molecule has 8 heteroatoms. The fourth-order valence-corrected chi connectivity index (χ4v) is 3.44. The van der Waals surface area contributed by atoms with E-state index in [9.17, 15) is 4.79 Å². The largest absolute Gasteiger partial charge is 0.395 e. The van der Waals surface area contributed by atoms with Crippen LogP contribution in [0.1, 0.15) is 17.3 Å². The van der Waals surface area contributed by atoms with Crippen LogP contribution < -0.4 is 5.32 Å². The quantitative estimate of drug-likeness (QED) is 0.629. The summed E-state index contributed by atoms with van der Waals surface area (Å²) < 4.78 is 1.80. The van der Waals surface area contributed by atoms with E-state index in [4.69, 9.17) is 10.1 Å². The molecule has 138 valence electrons. The monoisotopic (exact) mass is 373 g/mol. The molecular weight excluding hydrogens is 350 g/mol. The first-order valence-corrected chi connectivity index (χ1v) is 9.50. The number of aryl methyl sites for hydroxylation is 1. The van der Waals surface area contributed by atoms with Gasteiger partial charge < -0.3 is 15.3 Å². The van der Waals surface area contributed by atoms with E-state index in [1.807, 2.05) is 42.5 Å². The Hall–Kier alpha value is -2.29. The SMILES string of the molecule is CCn1ncc2c(C(=O)NCCN(C)CCO)cc(-c3cccs3)nc21. The number of aromatic nitrogens is 3. The molecule has 0 fully saturated rings. The van der Waals surface area contributed by atoms with Gasteiger partial charge >= 0.3 is 0 Å². The van der Waals surface area contributed by atoms with E-state index in [1.54, 1.807) is 22.2 Å². The molecule has 2 N–H and O–H groups in total. The van der Waals surface area contributed by atoms with E-state index in [0.29, 0.717) is 31.7 Å². The third-order valence-electron chi connectivity index (χ3n) is 4.19. The van der Waals surface area contributed by atoms with Gasteiger partial charge in [-0.25, -0.2) is 9.67 Å². The number of thiophene rings is 1. The summed E-state index contributed by atoms with van der Waals surface area (Å²) in [5.41, 5.74) is 2.09. The normalized spacial score (nSPS) is 11.4. The van der Waals surface area contributed by atoms with Gasteiger partial charge in [-0.05, 0) is 31.5 Å². The number of pyridine rings is 1. The first-order valence-electron chi connectivity index (χ1n) is 8.62. The third-order valence-corrected chi connectivity index (χ3v) is 5.08. The van der Waals surface area contributed by atoms with Crippen LogP contribution in [-0.2, 0) is 6.54 Å². The number of nitrogens with zero attached hydrogens (tertiary/aromatic N) is 4. The number of likely N-dealkylation sites (N-methyl/N-ethyl adjacent to an activating group) is 1. The van der Waals surface area contributed by atoms with E-state index < -0.39 is 0 Å². The molecule has 0 saturated heterocycles. The zero-order valence-electron chi connectivity index (χ0n) is 15.0. The Kier molecular flexibility index (Phi) is 5.97. The predicted octanol–water partition coefficient (Wildman–Crippen LogP) is 1.83. The maximum absolute atomic E-state index is 12.8. The van der Waals surface area contributed by atoms with Gasteiger partial charge in [-0.2, -0.15) is 5.10 Å². The molecule has 0 bridgehead atoms. The molecule has 3 rings (SSSR count). The topological polar surface area (TPSA) is 83.3 Å². The van der Waals surface area contributed by atoms with Crippen LogP contribution in [0.15, 0.2) is 29.8 Å². The molecule has 7 nitrogen and oxygen atoms in total. The Morgan fingerprint density at radius 2 is 2.27 bits per heavy atom.